The van der Waals surface area contributed by atoms with Crippen molar-refractivity contribution in [2.24, 2.45) is 5.41 Å². The maximum Gasteiger partial charge on any atom is 0.270 e. The third-order valence-electron chi connectivity index (χ3n) is 3.43. The molecule has 0 bridgehead atoms. The van der Waals surface area contributed by atoms with E-state index in [2.05, 4.69) is 0 Å². The average molecular weight is 302 g/mol. The van der Waals surface area contributed by atoms with Gasteiger partial charge in [-0.2, -0.15) is 0 Å². The topological polar surface area (TPSA) is 80.5 Å². The summed E-state index contributed by atoms with van der Waals surface area (Å²) in [6, 6.07) is 2.70. The third-order valence-corrected chi connectivity index (χ3v) is 5.08. The summed E-state index contributed by atoms with van der Waals surface area (Å²) >= 11 is 0. The van der Waals surface area contributed by atoms with Gasteiger partial charge in [-0.05, 0) is 21.9 Å². The molecule has 110 valence electrons. The minimum absolute atomic E-state index is 0.168. The Morgan fingerprint density at radius 2 is 2.00 bits per heavy atom. The van der Waals surface area contributed by atoms with Crippen LogP contribution in [0.1, 0.15) is 26.3 Å². The van der Waals surface area contributed by atoms with Crippen LogP contribution in [0.4, 0.5) is 10.2 Å². The van der Waals surface area contributed by atoms with Gasteiger partial charge in [0.15, 0.2) is 0 Å². The molecule has 0 saturated heterocycles. The van der Waals surface area contributed by atoms with Crippen molar-refractivity contribution in [2.75, 3.05) is 0 Å². The van der Waals surface area contributed by atoms with Crippen molar-refractivity contribution in [3.63, 3.8) is 0 Å². The number of non-ortho nitro benzene ring substituents is 1. The van der Waals surface area contributed by atoms with Crippen molar-refractivity contribution < 1.29 is 17.8 Å². The molecule has 0 spiro atoms. The van der Waals surface area contributed by atoms with Crippen LogP contribution in [-0.2, 0) is 16.4 Å². The molecule has 6 nitrogen and oxygen atoms in total. The van der Waals surface area contributed by atoms with Crippen LogP contribution in [0.15, 0.2) is 23.1 Å². The van der Waals surface area contributed by atoms with E-state index in [0.717, 1.165) is 6.07 Å². The largest absolute Gasteiger partial charge is 0.270 e. The quantitative estimate of drug-likeness (QED) is 0.453. The van der Waals surface area contributed by atoms with Crippen LogP contribution in [0.3, 0.4) is 0 Å². The number of nitro benzene ring substituents is 1. The predicted octanol–water partition coefficient (Wildman–Crippen LogP) is 2.44. The molecular formula is C12H15FN2O4S. The monoisotopic (exact) mass is 302 g/mol. The fourth-order valence-electron chi connectivity index (χ4n) is 2.22. The van der Waals surface area contributed by atoms with E-state index < -0.39 is 26.4 Å². The zero-order valence-electron chi connectivity index (χ0n) is 11.3. The van der Waals surface area contributed by atoms with E-state index in [1.165, 1.54) is 12.1 Å². The first-order valence-corrected chi connectivity index (χ1v) is 7.46. The van der Waals surface area contributed by atoms with E-state index in [9.17, 15) is 23.0 Å². The van der Waals surface area contributed by atoms with Crippen LogP contribution >= 0.6 is 0 Å². The molecule has 1 aliphatic rings. The number of rotatable bonds is 1. The Hall–Kier alpha value is -1.54. The number of halogens is 1. The van der Waals surface area contributed by atoms with E-state index in [4.69, 9.17) is 0 Å². The predicted molar refractivity (Wildman–Crippen MR) is 70.2 cm³/mol. The number of nitro groups is 1. The van der Waals surface area contributed by atoms with Gasteiger partial charge in [0.1, 0.15) is 0 Å². The van der Waals surface area contributed by atoms with Gasteiger partial charge < -0.3 is 0 Å². The summed E-state index contributed by atoms with van der Waals surface area (Å²) in [4.78, 5) is 9.68. The van der Waals surface area contributed by atoms with Crippen LogP contribution in [0.25, 0.3) is 0 Å². The van der Waals surface area contributed by atoms with Gasteiger partial charge >= 0.3 is 0 Å². The molecule has 2 rings (SSSR count). The Balaban J connectivity index is 2.62. The standard InChI is InChI=1S/C12H15FN2O4S/c1-12(2,3)11-6-8-4-5-9(15(16)17)7-10(8)20(18,19)14(11)13/h4-5,7,11H,6H2,1-3H3/t11-/m1/s1. The van der Waals surface area contributed by atoms with Crippen LogP contribution in [0, 0.1) is 15.5 Å². The van der Waals surface area contributed by atoms with Crippen molar-refractivity contribution in [1.82, 2.24) is 4.53 Å². The summed E-state index contributed by atoms with van der Waals surface area (Å²) in [5, 5.41) is 10.7. The lowest BCUT2D eigenvalue weighted by Crippen LogP contribution is -2.47. The highest BCUT2D eigenvalue weighted by molar-refractivity contribution is 7.89. The maximum atomic E-state index is 14.2. The Bertz CT molecular complexity index is 667. The van der Waals surface area contributed by atoms with Crippen molar-refractivity contribution in [3.05, 3.63) is 33.9 Å². The number of nitrogens with zero attached hydrogens (tertiary/aromatic N) is 2. The summed E-state index contributed by atoms with van der Waals surface area (Å²) in [5.74, 6) is 0. The molecule has 8 heteroatoms. The lowest BCUT2D eigenvalue weighted by atomic mass is 9.83. The van der Waals surface area contributed by atoms with E-state index in [1.54, 1.807) is 20.8 Å². The lowest BCUT2D eigenvalue weighted by Gasteiger charge is -2.37. The fraction of sp³-hybridized carbons (Fsp3) is 0.500. The van der Waals surface area contributed by atoms with Crippen molar-refractivity contribution >= 4 is 15.7 Å². The molecule has 0 N–H and O–H groups in total. The molecule has 0 radical (unpaired) electrons. The fourth-order valence-corrected chi connectivity index (χ4v) is 3.88. The van der Waals surface area contributed by atoms with Gasteiger partial charge in [0.05, 0.1) is 15.9 Å². The summed E-state index contributed by atoms with van der Waals surface area (Å²) in [6.45, 7) is 5.24. The number of hydrogen-bond acceptors (Lipinski definition) is 4. The van der Waals surface area contributed by atoms with Crippen LogP contribution in [0.2, 0.25) is 0 Å². The minimum Gasteiger partial charge on any atom is -0.258 e. The van der Waals surface area contributed by atoms with E-state index in [1.807, 2.05) is 0 Å². The van der Waals surface area contributed by atoms with Crippen molar-refractivity contribution in [2.45, 2.75) is 38.1 Å². The van der Waals surface area contributed by atoms with Gasteiger partial charge in [0.2, 0.25) is 0 Å². The van der Waals surface area contributed by atoms with Gasteiger partial charge in [0, 0.05) is 12.1 Å². The van der Waals surface area contributed by atoms with Crippen LogP contribution in [-0.4, -0.2) is 23.9 Å². The second kappa shape index (κ2) is 4.49. The number of sulfonamides is 1. The van der Waals surface area contributed by atoms with Gasteiger partial charge in [0.25, 0.3) is 15.7 Å². The normalized spacial score (nSPS) is 22.3. The van der Waals surface area contributed by atoms with E-state index in [-0.39, 0.29) is 21.5 Å². The molecule has 1 aliphatic heterocycles. The SMILES string of the molecule is CC(C)(C)[C@H]1Cc2ccc([N+](=O)[O-])cc2S(=O)(=O)N1F. The molecule has 1 heterocycles. The highest BCUT2D eigenvalue weighted by Crippen LogP contribution is 2.39. The Morgan fingerprint density at radius 1 is 1.40 bits per heavy atom. The molecule has 1 aromatic rings. The van der Waals surface area contributed by atoms with Gasteiger partial charge in [-0.25, -0.2) is 8.42 Å². The highest BCUT2D eigenvalue weighted by atomic mass is 32.2. The Labute approximate surface area is 116 Å². The number of fused-ring (bicyclic) bond motifs is 1. The first-order valence-electron chi connectivity index (χ1n) is 6.02. The average Bonchev–Trinajstić information content (AvgIpc) is 2.32. The van der Waals surface area contributed by atoms with Gasteiger partial charge in [-0.1, -0.05) is 26.8 Å². The molecule has 1 aromatic carbocycles. The maximum absolute atomic E-state index is 14.2. The summed E-state index contributed by atoms with van der Waals surface area (Å²) in [7, 11) is -4.35. The molecule has 0 fully saturated rings. The molecule has 0 saturated carbocycles. The smallest absolute Gasteiger partial charge is 0.258 e. The molecule has 0 aromatic heterocycles. The van der Waals surface area contributed by atoms with Crippen molar-refractivity contribution in [1.29, 1.82) is 0 Å². The molecule has 1 atom stereocenters. The highest BCUT2D eigenvalue weighted by Gasteiger charge is 2.44. The third kappa shape index (κ3) is 2.29. The summed E-state index contributed by atoms with van der Waals surface area (Å²) in [6.07, 6.45) is 0.187. The summed E-state index contributed by atoms with van der Waals surface area (Å²) in [5.41, 5.74) is -0.541. The first-order chi connectivity index (χ1) is 9.05. The molecule has 0 amide bonds. The zero-order chi connectivity index (χ0) is 15.3. The van der Waals surface area contributed by atoms with Crippen molar-refractivity contribution in [3.8, 4) is 0 Å². The summed E-state index contributed by atoms with van der Waals surface area (Å²) < 4.78 is 38.4. The minimum atomic E-state index is -4.35. The zero-order valence-corrected chi connectivity index (χ0v) is 12.1. The molecule has 0 aliphatic carbocycles. The second-order valence-corrected chi connectivity index (χ2v) is 7.62. The van der Waals surface area contributed by atoms with Gasteiger partial charge in [-0.3, -0.25) is 10.1 Å². The second-order valence-electron chi connectivity index (χ2n) is 5.88. The Kier molecular flexibility index (Phi) is 3.34. The molecule has 0 unspecified atom stereocenters. The van der Waals surface area contributed by atoms with E-state index >= 15 is 0 Å². The van der Waals surface area contributed by atoms with Crippen LogP contribution in [0.5, 0.6) is 0 Å². The van der Waals surface area contributed by atoms with E-state index in [0.29, 0.717) is 5.56 Å². The first kappa shape index (κ1) is 14.9. The van der Waals surface area contributed by atoms with Gasteiger partial charge in [-0.15, -0.1) is 4.48 Å². The molecular weight excluding hydrogens is 287 g/mol. The Morgan fingerprint density at radius 3 is 2.50 bits per heavy atom. The van der Waals surface area contributed by atoms with Crippen LogP contribution < -0.4 is 0 Å². The molecule has 20 heavy (non-hydrogen) atoms. The lowest BCUT2D eigenvalue weighted by molar-refractivity contribution is -0.385. The number of benzene rings is 1. The number of hydrogen-bond donors (Lipinski definition) is 0.